The first-order chi connectivity index (χ1) is 19.5. The van der Waals surface area contributed by atoms with E-state index in [1.807, 2.05) is 0 Å². The predicted octanol–water partition coefficient (Wildman–Crippen LogP) is 3.65. The van der Waals surface area contributed by atoms with Crippen LogP contribution in [0.4, 0.5) is 30.7 Å². The summed E-state index contributed by atoms with van der Waals surface area (Å²) in [4.78, 5) is 26.7. The normalized spacial score (nSPS) is 19.8. The minimum atomic E-state index is -4.95. The molecule has 0 aromatic carbocycles. The standard InChI is InChI=1S/C24H18F7N7O3S/c1-12-17(25)5-19(38(12)42(40,41)20-3-2-13(6-32)7-34-20)21(39)35-8-14-4-18(33-11-16(14)23(26,27)28)15-9-36-22(37-10-15)24(29,30)31/h2-4,7,9-12,17,19H,5,8H2,1H3,(H,35,39)/t12-,17-,19-/m1/s1. The van der Waals surface area contributed by atoms with Gasteiger partial charge in [-0.25, -0.2) is 27.8 Å². The highest BCUT2D eigenvalue weighted by Gasteiger charge is 2.49. The highest BCUT2D eigenvalue weighted by Crippen LogP contribution is 2.35. The third-order valence-electron chi connectivity index (χ3n) is 6.34. The molecule has 0 aliphatic carbocycles. The first-order valence-corrected chi connectivity index (χ1v) is 13.2. The van der Waals surface area contributed by atoms with Crippen LogP contribution < -0.4 is 5.32 Å². The molecule has 4 rings (SSSR count). The van der Waals surface area contributed by atoms with Gasteiger partial charge in [0.2, 0.25) is 11.7 Å². The van der Waals surface area contributed by atoms with E-state index in [9.17, 15) is 43.9 Å². The number of alkyl halides is 7. The van der Waals surface area contributed by atoms with E-state index in [2.05, 4.69) is 25.3 Å². The van der Waals surface area contributed by atoms with E-state index in [-0.39, 0.29) is 16.8 Å². The van der Waals surface area contributed by atoms with Crippen LogP contribution in [0.25, 0.3) is 11.3 Å². The van der Waals surface area contributed by atoms with Crippen LogP contribution >= 0.6 is 0 Å². The Labute approximate surface area is 233 Å². The second-order valence-corrected chi connectivity index (χ2v) is 10.9. The third-order valence-corrected chi connectivity index (χ3v) is 8.25. The summed E-state index contributed by atoms with van der Waals surface area (Å²) in [5.41, 5.74) is -2.20. The van der Waals surface area contributed by atoms with E-state index in [4.69, 9.17) is 5.26 Å². The molecule has 10 nitrogen and oxygen atoms in total. The molecule has 222 valence electrons. The summed E-state index contributed by atoms with van der Waals surface area (Å²) in [5.74, 6) is -2.58. The summed E-state index contributed by atoms with van der Waals surface area (Å²) in [7, 11) is -4.58. The van der Waals surface area contributed by atoms with Crippen LogP contribution in [0, 0.1) is 11.3 Å². The fourth-order valence-electron chi connectivity index (χ4n) is 4.24. The van der Waals surface area contributed by atoms with Gasteiger partial charge in [-0.2, -0.15) is 35.9 Å². The zero-order valence-electron chi connectivity index (χ0n) is 21.1. The topological polar surface area (TPSA) is 142 Å². The van der Waals surface area contributed by atoms with E-state index in [0.29, 0.717) is 10.5 Å². The molecule has 0 unspecified atom stereocenters. The molecule has 1 saturated heterocycles. The van der Waals surface area contributed by atoms with Crippen LogP contribution in [0.3, 0.4) is 0 Å². The Balaban J connectivity index is 1.61. The van der Waals surface area contributed by atoms with Crippen LogP contribution in [0.1, 0.15) is 35.9 Å². The van der Waals surface area contributed by atoms with Gasteiger partial charge in [0.15, 0.2) is 5.03 Å². The van der Waals surface area contributed by atoms with Gasteiger partial charge in [-0.15, -0.1) is 0 Å². The van der Waals surface area contributed by atoms with Gasteiger partial charge >= 0.3 is 12.4 Å². The molecule has 0 bridgehead atoms. The fraction of sp³-hybridized carbons (Fsp3) is 0.333. The summed E-state index contributed by atoms with van der Waals surface area (Å²) in [6.07, 6.45) is -9.39. The van der Waals surface area contributed by atoms with Gasteiger partial charge in [0.25, 0.3) is 10.0 Å². The maximum Gasteiger partial charge on any atom is 0.451 e. The zero-order chi connectivity index (χ0) is 31.0. The molecule has 1 fully saturated rings. The van der Waals surface area contributed by atoms with Gasteiger partial charge in [-0.05, 0) is 30.7 Å². The summed E-state index contributed by atoms with van der Waals surface area (Å²) in [6.45, 7) is 0.387. The molecule has 1 aliphatic rings. The maximum absolute atomic E-state index is 14.7. The number of carbonyl (C=O) groups excluding carboxylic acids is 1. The Hall–Kier alpha value is -4.24. The van der Waals surface area contributed by atoms with Gasteiger partial charge in [0.05, 0.1) is 22.9 Å². The number of rotatable bonds is 6. The van der Waals surface area contributed by atoms with Crippen molar-refractivity contribution in [2.24, 2.45) is 0 Å². The van der Waals surface area contributed by atoms with Crippen molar-refractivity contribution in [2.75, 3.05) is 0 Å². The van der Waals surface area contributed by atoms with Crippen molar-refractivity contribution in [3.05, 3.63) is 65.5 Å². The number of hydrogen-bond acceptors (Lipinski definition) is 8. The van der Waals surface area contributed by atoms with Crippen molar-refractivity contribution >= 4 is 15.9 Å². The quantitative estimate of drug-likeness (QED) is 0.414. The maximum atomic E-state index is 14.7. The molecule has 3 aromatic heterocycles. The molecular formula is C24H18F7N7O3S. The predicted molar refractivity (Wildman–Crippen MR) is 128 cm³/mol. The van der Waals surface area contributed by atoms with Crippen molar-refractivity contribution in [1.82, 2.24) is 29.6 Å². The lowest BCUT2D eigenvalue weighted by atomic mass is 10.1. The molecular weight excluding hydrogens is 599 g/mol. The number of sulfonamides is 1. The second kappa shape index (κ2) is 11.2. The van der Waals surface area contributed by atoms with Crippen LogP contribution in [0.2, 0.25) is 0 Å². The Morgan fingerprint density at radius 1 is 1.05 bits per heavy atom. The number of nitrogens with one attached hydrogen (secondary N) is 1. The van der Waals surface area contributed by atoms with Crippen LogP contribution in [0.5, 0.6) is 0 Å². The summed E-state index contributed by atoms with van der Waals surface area (Å²) in [6, 6.07) is 1.79. The molecule has 1 N–H and O–H groups in total. The van der Waals surface area contributed by atoms with Gasteiger partial charge in [-0.3, -0.25) is 9.78 Å². The van der Waals surface area contributed by atoms with Crippen LogP contribution in [0.15, 0.2) is 48.0 Å². The Morgan fingerprint density at radius 2 is 1.71 bits per heavy atom. The number of aromatic nitrogens is 4. The molecule has 18 heteroatoms. The molecule has 1 amide bonds. The number of pyridine rings is 2. The molecule has 0 saturated carbocycles. The summed E-state index contributed by atoms with van der Waals surface area (Å²) < 4.78 is 121. The van der Waals surface area contributed by atoms with E-state index in [1.54, 1.807) is 6.07 Å². The first kappa shape index (κ1) is 30.7. The molecule has 1 aliphatic heterocycles. The minimum absolute atomic E-state index is 0.0427. The average Bonchev–Trinajstić information content (AvgIpc) is 3.25. The molecule has 0 radical (unpaired) electrons. The highest BCUT2D eigenvalue weighted by atomic mass is 32.2. The van der Waals surface area contributed by atoms with E-state index < -0.39 is 81.5 Å². The Morgan fingerprint density at radius 3 is 2.26 bits per heavy atom. The Bertz CT molecular complexity index is 1620. The number of carbonyl (C=O) groups is 1. The summed E-state index contributed by atoms with van der Waals surface area (Å²) >= 11 is 0. The van der Waals surface area contributed by atoms with Crippen molar-refractivity contribution in [3.8, 4) is 17.3 Å². The number of nitriles is 1. The second-order valence-electron chi connectivity index (χ2n) is 9.08. The summed E-state index contributed by atoms with van der Waals surface area (Å²) in [5, 5.41) is 10.5. The van der Waals surface area contributed by atoms with Gasteiger partial charge in [0.1, 0.15) is 18.3 Å². The van der Waals surface area contributed by atoms with E-state index >= 15 is 0 Å². The van der Waals surface area contributed by atoms with Crippen molar-refractivity contribution in [3.63, 3.8) is 0 Å². The lowest BCUT2D eigenvalue weighted by molar-refractivity contribution is -0.145. The number of halogens is 7. The molecule has 42 heavy (non-hydrogen) atoms. The smallest absolute Gasteiger partial charge is 0.351 e. The lowest BCUT2D eigenvalue weighted by Gasteiger charge is -2.26. The van der Waals surface area contributed by atoms with Gasteiger partial charge in [-0.1, -0.05) is 0 Å². The number of nitrogens with zero attached hydrogens (tertiary/aromatic N) is 6. The Kier molecular flexibility index (Phi) is 8.20. The van der Waals surface area contributed by atoms with Crippen LogP contribution in [-0.4, -0.2) is 56.8 Å². The lowest BCUT2D eigenvalue weighted by Crippen LogP contribution is -2.48. The van der Waals surface area contributed by atoms with Crippen molar-refractivity contribution in [2.45, 2.75) is 55.5 Å². The molecule has 3 aromatic rings. The monoisotopic (exact) mass is 617 g/mol. The molecule has 3 atom stereocenters. The average molecular weight is 618 g/mol. The van der Waals surface area contributed by atoms with Gasteiger partial charge < -0.3 is 5.32 Å². The van der Waals surface area contributed by atoms with E-state index in [1.165, 1.54) is 6.92 Å². The highest BCUT2D eigenvalue weighted by molar-refractivity contribution is 7.89. The zero-order valence-corrected chi connectivity index (χ0v) is 22.0. The van der Waals surface area contributed by atoms with Gasteiger partial charge in [0, 0.05) is 43.3 Å². The SMILES string of the molecule is C[C@@H]1[C@H](F)C[C@H](C(=O)NCc2cc(-c3cnc(C(F)(F)F)nc3)ncc2C(F)(F)F)N1S(=O)(=O)c1ccc(C#N)cn1. The number of amides is 1. The third kappa shape index (κ3) is 6.16. The minimum Gasteiger partial charge on any atom is -0.351 e. The van der Waals surface area contributed by atoms with Crippen molar-refractivity contribution < 1.29 is 43.9 Å². The first-order valence-electron chi connectivity index (χ1n) is 11.8. The molecule has 0 spiro atoms. The van der Waals surface area contributed by atoms with E-state index in [0.717, 1.165) is 36.8 Å². The van der Waals surface area contributed by atoms with Crippen LogP contribution in [-0.2, 0) is 33.7 Å². The fourth-order valence-corrected chi connectivity index (χ4v) is 5.97. The molecule has 4 heterocycles. The van der Waals surface area contributed by atoms with Crippen molar-refractivity contribution in [1.29, 1.82) is 5.26 Å². The number of hydrogen-bond donors (Lipinski definition) is 1. The largest absolute Gasteiger partial charge is 0.451 e.